The Morgan fingerprint density at radius 1 is 0.611 bits per heavy atom. The fourth-order valence-corrected chi connectivity index (χ4v) is 7.88. The van der Waals surface area contributed by atoms with Gasteiger partial charge in [0.1, 0.15) is 0 Å². The van der Waals surface area contributed by atoms with E-state index in [0.29, 0.717) is 0 Å². The van der Waals surface area contributed by atoms with Gasteiger partial charge in [-0.25, -0.2) is 19.0 Å². The van der Waals surface area contributed by atoms with Gasteiger partial charge in [-0.3, -0.25) is 0 Å². The zero-order valence-corrected chi connectivity index (χ0v) is 32.4. The van der Waals surface area contributed by atoms with Crippen molar-refractivity contribution in [1.29, 1.82) is 0 Å². The highest BCUT2D eigenvalue weighted by atomic mass is 79.9. The average molecular weight is 784 g/mol. The van der Waals surface area contributed by atoms with Crippen molar-refractivity contribution in [2.24, 2.45) is 0 Å². The first-order valence-corrected chi connectivity index (χ1v) is 20.0. The lowest BCUT2D eigenvalue weighted by atomic mass is 10.0. The van der Waals surface area contributed by atoms with Crippen molar-refractivity contribution in [2.75, 3.05) is 39.3 Å². The summed E-state index contributed by atoms with van der Waals surface area (Å²) in [5.74, 6) is 0. The predicted molar refractivity (Wildman–Crippen MR) is 219 cm³/mol. The molecule has 3 aromatic carbocycles. The van der Waals surface area contributed by atoms with Crippen LogP contribution in [0.5, 0.6) is 0 Å². The number of halogens is 1. The highest BCUT2D eigenvalue weighted by Gasteiger charge is 2.14. The fourth-order valence-electron chi connectivity index (χ4n) is 7.50. The van der Waals surface area contributed by atoms with Crippen molar-refractivity contribution in [3.8, 4) is 33.4 Å². The Balaban J connectivity index is 0.000000160. The van der Waals surface area contributed by atoms with Crippen molar-refractivity contribution in [3.63, 3.8) is 0 Å². The summed E-state index contributed by atoms with van der Waals surface area (Å²) in [6.45, 7) is 9.13. The molecule has 2 fully saturated rings. The molecule has 0 bridgehead atoms. The summed E-state index contributed by atoms with van der Waals surface area (Å²) in [6.07, 6.45) is 18.6. The number of hydrogen-bond donors (Lipinski definition) is 1. The van der Waals surface area contributed by atoms with Crippen LogP contribution in [0.1, 0.15) is 55.4 Å². The number of hydrogen-bond acceptors (Lipinski definition) is 7. The molecule has 6 heterocycles. The third-order valence-electron chi connectivity index (χ3n) is 10.8. The normalized spacial score (nSPS) is 15.5. The topological polar surface area (TPSA) is 87.1 Å². The van der Waals surface area contributed by atoms with E-state index in [4.69, 9.17) is 4.98 Å². The van der Waals surface area contributed by atoms with Gasteiger partial charge in [0.25, 0.3) is 0 Å². The van der Waals surface area contributed by atoms with E-state index in [1.165, 1.54) is 75.1 Å². The van der Waals surface area contributed by atoms with Gasteiger partial charge in [0.15, 0.2) is 11.3 Å². The summed E-state index contributed by atoms with van der Waals surface area (Å²) in [4.78, 5) is 14.3. The monoisotopic (exact) mass is 782 g/mol. The van der Waals surface area contributed by atoms with Crippen molar-refractivity contribution < 1.29 is 5.11 Å². The number of rotatable bonds is 10. The minimum absolute atomic E-state index is 0.500. The van der Waals surface area contributed by atoms with Gasteiger partial charge in [-0.05, 0) is 127 Å². The van der Waals surface area contributed by atoms with E-state index < -0.39 is 6.10 Å². The molecule has 0 radical (unpaired) electrons. The smallest absolute Gasteiger partial charge is 0.169 e. The SMILES string of the molecule is Brc1cnn2cc(-c3ccc(CCN4CCCC4)cc3)cnc12.C[C@@H](O)c1cccc(-c2cnn3cc(-c4ccc(CCN5CCCC5)cc4)cnc23)c1. The number of aliphatic hydroxyl groups excluding tert-OH is 1. The zero-order chi connectivity index (χ0) is 36.9. The number of benzene rings is 3. The summed E-state index contributed by atoms with van der Waals surface area (Å²) < 4.78 is 4.56. The number of nitrogens with zero attached hydrogens (tertiary/aromatic N) is 8. The predicted octanol–water partition coefficient (Wildman–Crippen LogP) is 8.55. The van der Waals surface area contributed by atoms with Gasteiger partial charge >= 0.3 is 0 Å². The molecule has 54 heavy (non-hydrogen) atoms. The quantitative estimate of drug-likeness (QED) is 0.149. The van der Waals surface area contributed by atoms with Crippen LogP contribution in [-0.4, -0.2) is 83.4 Å². The summed E-state index contributed by atoms with van der Waals surface area (Å²) in [5, 5.41) is 18.7. The summed E-state index contributed by atoms with van der Waals surface area (Å²) in [7, 11) is 0. The largest absolute Gasteiger partial charge is 0.389 e. The lowest BCUT2D eigenvalue weighted by Crippen LogP contribution is -2.21. The molecule has 0 unspecified atom stereocenters. The summed E-state index contributed by atoms with van der Waals surface area (Å²) in [6, 6.07) is 25.6. The van der Waals surface area contributed by atoms with Crippen molar-refractivity contribution in [2.45, 2.75) is 51.6 Å². The molecular weight excluding hydrogens is 736 g/mol. The Morgan fingerprint density at radius 2 is 1.13 bits per heavy atom. The second-order valence-corrected chi connectivity index (χ2v) is 15.4. The van der Waals surface area contributed by atoms with Crippen molar-refractivity contribution in [3.05, 3.63) is 131 Å². The molecule has 4 aromatic heterocycles. The van der Waals surface area contributed by atoms with E-state index in [1.807, 2.05) is 59.8 Å². The fraction of sp³-hybridized carbons (Fsp3) is 0.318. The van der Waals surface area contributed by atoms with Crippen molar-refractivity contribution >= 4 is 27.2 Å². The molecule has 9 rings (SSSR count). The highest BCUT2D eigenvalue weighted by Crippen LogP contribution is 2.28. The Hall–Kier alpha value is -4.74. The van der Waals surface area contributed by atoms with Crippen molar-refractivity contribution in [1.82, 2.24) is 39.0 Å². The maximum atomic E-state index is 9.89. The first-order chi connectivity index (χ1) is 26.5. The van der Waals surface area contributed by atoms with E-state index in [-0.39, 0.29) is 0 Å². The van der Waals surface area contributed by atoms with Crippen LogP contribution in [0.3, 0.4) is 0 Å². The number of aromatic nitrogens is 6. The molecule has 9 nitrogen and oxygen atoms in total. The first kappa shape index (κ1) is 36.2. The average Bonchev–Trinajstić information content (AvgIpc) is 4.06. The Labute approximate surface area is 325 Å². The molecule has 276 valence electrons. The standard InChI is InChI=1S/C26H28N4O.C18H19BrN4/c1-19(31)22-5-4-6-23(15-22)25-17-28-30-18-24(16-27-26(25)30)21-9-7-20(8-10-21)11-14-29-12-2-3-13-29;19-17-12-21-23-13-16(11-20-18(17)23)15-5-3-14(4-6-15)7-10-22-8-1-2-9-22/h4-10,15-19,31H,2-3,11-14H2,1H3;3-6,11-13H,1-2,7-10H2/t19-;/m1./s1. The van der Waals surface area contributed by atoms with Crippen LogP contribution in [0.15, 0.2) is 114 Å². The Kier molecular flexibility index (Phi) is 11.2. The van der Waals surface area contributed by atoms with Gasteiger partial charge in [-0.2, -0.15) is 10.2 Å². The second kappa shape index (κ2) is 16.7. The van der Waals surface area contributed by atoms with Gasteiger partial charge in [0, 0.05) is 54.6 Å². The third kappa shape index (κ3) is 8.47. The molecule has 0 spiro atoms. The lowest BCUT2D eigenvalue weighted by Gasteiger charge is -2.14. The Morgan fingerprint density at radius 3 is 1.69 bits per heavy atom. The molecule has 1 atom stereocenters. The van der Waals surface area contributed by atoms with Gasteiger partial charge in [0.05, 0.1) is 23.0 Å². The van der Waals surface area contributed by atoms with Crippen LogP contribution >= 0.6 is 15.9 Å². The summed E-state index contributed by atoms with van der Waals surface area (Å²) in [5.41, 5.74) is 11.7. The molecule has 0 saturated carbocycles. The molecule has 2 aliphatic heterocycles. The number of aliphatic hydroxyl groups is 1. The van der Waals surface area contributed by atoms with Gasteiger partial charge in [0.2, 0.25) is 0 Å². The van der Waals surface area contributed by atoms with E-state index in [1.54, 1.807) is 17.6 Å². The lowest BCUT2D eigenvalue weighted by molar-refractivity contribution is 0.199. The molecule has 2 saturated heterocycles. The van der Waals surface area contributed by atoms with Crippen LogP contribution in [-0.2, 0) is 12.8 Å². The van der Waals surface area contributed by atoms with Crippen LogP contribution in [0, 0.1) is 0 Å². The van der Waals surface area contributed by atoms with Gasteiger partial charge < -0.3 is 14.9 Å². The summed E-state index contributed by atoms with van der Waals surface area (Å²) >= 11 is 3.45. The maximum absolute atomic E-state index is 9.89. The number of fused-ring (bicyclic) bond motifs is 2. The first-order valence-electron chi connectivity index (χ1n) is 19.2. The van der Waals surface area contributed by atoms with Crippen LogP contribution in [0.25, 0.3) is 44.7 Å². The van der Waals surface area contributed by atoms with E-state index in [0.717, 1.165) is 68.5 Å². The molecule has 1 N–H and O–H groups in total. The molecule has 10 heteroatoms. The zero-order valence-electron chi connectivity index (χ0n) is 30.9. The van der Waals surface area contributed by atoms with Crippen LogP contribution < -0.4 is 0 Å². The van der Waals surface area contributed by atoms with E-state index in [2.05, 4.69) is 89.4 Å². The van der Waals surface area contributed by atoms with Crippen LogP contribution in [0.2, 0.25) is 0 Å². The second-order valence-electron chi connectivity index (χ2n) is 14.6. The van der Waals surface area contributed by atoms with Crippen LogP contribution in [0.4, 0.5) is 0 Å². The third-order valence-corrected chi connectivity index (χ3v) is 11.3. The molecule has 7 aromatic rings. The van der Waals surface area contributed by atoms with E-state index in [9.17, 15) is 5.11 Å². The Bertz CT molecular complexity index is 2300. The molecular formula is C44H47BrN8O. The minimum Gasteiger partial charge on any atom is -0.389 e. The molecule has 0 aliphatic carbocycles. The highest BCUT2D eigenvalue weighted by molar-refractivity contribution is 9.10. The van der Waals surface area contributed by atoms with Gasteiger partial charge in [-0.1, -0.05) is 66.7 Å². The number of likely N-dealkylation sites (tertiary alicyclic amines) is 2. The van der Waals surface area contributed by atoms with E-state index >= 15 is 0 Å². The minimum atomic E-state index is -0.500. The molecule has 2 aliphatic rings. The molecule has 0 amide bonds. The van der Waals surface area contributed by atoms with Gasteiger partial charge in [-0.15, -0.1) is 0 Å². The maximum Gasteiger partial charge on any atom is 0.169 e.